The molecule has 0 aromatic heterocycles. The number of amides is 1. The first-order valence-electron chi connectivity index (χ1n) is 7.14. The summed E-state index contributed by atoms with van der Waals surface area (Å²) in [6, 6.07) is 4.52. The van der Waals surface area contributed by atoms with Crippen LogP contribution in [0.4, 0.5) is 4.79 Å². The summed E-state index contributed by atoms with van der Waals surface area (Å²) in [6.07, 6.45) is -2.77. The van der Waals surface area contributed by atoms with Crippen LogP contribution in [0.15, 0.2) is 18.2 Å². The molecule has 0 aliphatic rings. The van der Waals surface area contributed by atoms with E-state index in [1.54, 1.807) is 26.8 Å². The van der Waals surface area contributed by atoms with Crippen molar-refractivity contribution in [2.45, 2.75) is 38.6 Å². The van der Waals surface area contributed by atoms with E-state index >= 15 is 0 Å². The van der Waals surface area contributed by atoms with Crippen LogP contribution in [0.5, 0.6) is 5.75 Å². The van der Waals surface area contributed by atoms with Crippen LogP contribution in [0, 0.1) is 0 Å². The van der Waals surface area contributed by atoms with Crippen molar-refractivity contribution in [1.82, 2.24) is 5.32 Å². The second-order valence-corrected chi connectivity index (χ2v) is 6.01. The molecule has 0 bridgehead atoms. The van der Waals surface area contributed by atoms with E-state index in [2.05, 4.69) is 5.32 Å². The molecule has 0 fully saturated rings. The molecule has 2 atom stereocenters. The Kier molecular flexibility index (Phi) is 6.53. The quantitative estimate of drug-likeness (QED) is 0.683. The highest BCUT2D eigenvalue weighted by molar-refractivity contribution is 5.78. The number of aliphatic hydroxyl groups is 2. The van der Waals surface area contributed by atoms with Gasteiger partial charge >= 0.3 is 6.09 Å². The van der Waals surface area contributed by atoms with E-state index in [4.69, 9.17) is 9.47 Å². The molecule has 1 aromatic carbocycles. The van der Waals surface area contributed by atoms with Crippen molar-refractivity contribution >= 4 is 12.4 Å². The van der Waals surface area contributed by atoms with Gasteiger partial charge in [-0.05, 0) is 38.5 Å². The second kappa shape index (κ2) is 7.94. The fraction of sp³-hybridized carbons (Fsp3) is 0.500. The molecular formula is C16H23NO6. The van der Waals surface area contributed by atoms with Crippen LogP contribution in [0.25, 0.3) is 0 Å². The van der Waals surface area contributed by atoms with Gasteiger partial charge in [0, 0.05) is 12.1 Å². The van der Waals surface area contributed by atoms with E-state index in [1.807, 2.05) is 0 Å². The Morgan fingerprint density at radius 1 is 1.35 bits per heavy atom. The van der Waals surface area contributed by atoms with Crippen LogP contribution in [-0.2, 0) is 4.74 Å². The molecule has 1 aromatic rings. The normalized spacial score (nSPS) is 13.8. The number of methoxy groups -OCH3 is 1. The van der Waals surface area contributed by atoms with Crippen LogP contribution in [0.3, 0.4) is 0 Å². The summed E-state index contributed by atoms with van der Waals surface area (Å²) in [6.45, 7) is 4.92. The van der Waals surface area contributed by atoms with Gasteiger partial charge < -0.3 is 25.0 Å². The average molecular weight is 325 g/mol. The van der Waals surface area contributed by atoms with Crippen LogP contribution in [0.1, 0.15) is 42.8 Å². The molecule has 1 amide bonds. The van der Waals surface area contributed by atoms with Gasteiger partial charge in [0.1, 0.15) is 23.6 Å². The lowest BCUT2D eigenvalue weighted by Crippen LogP contribution is -2.39. The number of alkyl carbamates (subject to hydrolysis) is 1. The molecule has 128 valence electrons. The number of benzene rings is 1. The molecule has 0 aliphatic heterocycles. The minimum Gasteiger partial charge on any atom is -0.497 e. The molecule has 0 saturated heterocycles. The fourth-order valence-corrected chi connectivity index (χ4v) is 1.87. The number of ether oxygens (including phenoxy) is 2. The lowest BCUT2D eigenvalue weighted by Gasteiger charge is -2.23. The van der Waals surface area contributed by atoms with Crippen LogP contribution >= 0.6 is 0 Å². The highest BCUT2D eigenvalue weighted by atomic mass is 16.6. The van der Waals surface area contributed by atoms with Gasteiger partial charge in [-0.25, -0.2) is 4.79 Å². The summed E-state index contributed by atoms with van der Waals surface area (Å²) in [5, 5.41) is 22.5. The number of carbonyl (C=O) groups excluding carboxylic acids is 2. The molecule has 7 heteroatoms. The van der Waals surface area contributed by atoms with Gasteiger partial charge in [0.2, 0.25) is 0 Å². The summed E-state index contributed by atoms with van der Waals surface area (Å²) >= 11 is 0. The van der Waals surface area contributed by atoms with E-state index < -0.39 is 23.9 Å². The van der Waals surface area contributed by atoms with Crippen molar-refractivity contribution < 1.29 is 29.3 Å². The number of hydrogen-bond donors (Lipinski definition) is 3. The van der Waals surface area contributed by atoms with Gasteiger partial charge in [0.25, 0.3) is 0 Å². The maximum Gasteiger partial charge on any atom is 0.407 e. The minimum absolute atomic E-state index is 0.202. The van der Waals surface area contributed by atoms with Crippen molar-refractivity contribution in [2.75, 3.05) is 13.7 Å². The Labute approximate surface area is 135 Å². The fourth-order valence-electron chi connectivity index (χ4n) is 1.87. The Hall–Kier alpha value is -2.12. The van der Waals surface area contributed by atoms with Gasteiger partial charge in [0.15, 0.2) is 6.29 Å². The van der Waals surface area contributed by atoms with Crippen LogP contribution in [-0.4, -0.2) is 48.0 Å². The third-order valence-corrected chi connectivity index (χ3v) is 2.96. The van der Waals surface area contributed by atoms with Crippen LogP contribution in [0.2, 0.25) is 0 Å². The van der Waals surface area contributed by atoms with Gasteiger partial charge in [-0.15, -0.1) is 0 Å². The number of carbonyl (C=O) groups is 2. The zero-order chi connectivity index (χ0) is 17.6. The Bertz CT molecular complexity index is 552. The predicted octanol–water partition coefficient (Wildman–Crippen LogP) is 1.43. The Balaban J connectivity index is 2.71. The summed E-state index contributed by atoms with van der Waals surface area (Å²) in [5.41, 5.74) is -0.207. The molecule has 0 aliphatic carbocycles. The number of rotatable bonds is 6. The van der Waals surface area contributed by atoms with Crippen molar-refractivity contribution in [1.29, 1.82) is 0 Å². The summed E-state index contributed by atoms with van der Waals surface area (Å²) in [5.74, 6) is 0.462. The van der Waals surface area contributed by atoms with Crippen molar-refractivity contribution in [3.05, 3.63) is 29.3 Å². The summed E-state index contributed by atoms with van der Waals surface area (Å²) in [4.78, 5) is 22.6. The third-order valence-electron chi connectivity index (χ3n) is 2.96. The van der Waals surface area contributed by atoms with E-state index in [0.29, 0.717) is 12.0 Å². The number of hydrogen-bond acceptors (Lipinski definition) is 6. The Morgan fingerprint density at radius 2 is 2.00 bits per heavy atom. The molecule has 0 radical (unpaired) electrons. The molecular weight excluding hydrogens is 302 g/mol. The smallest absolute Gasteiger partial charge is 0.407 e. The van der Waals surface area contributed by atoms with Gasteiger partial charge in [0.05, 0.1) is 7.11 Å². The first kappa shape index (κ1) is 18.9. The molecule has 0 heterocycles. The van der Waals surface area contributed by atoms with Gasteiger partial charge in [-0.3, -0.25) is 4.79 Å². The molecule has 1 rings (SSSR count). The molecule has 0 spiro atoms. The maximum absolute atomic E-state index is 11.5. The van der Waals surface area contributed by atoms with Gasteiger partial charge in [-0.1, -0.05) is 6.07 Å². The molecule has 2 unspecified atom stereocenters. The molecule has 23 heavy (non-hydrogen) atoms. The predicted molar refractivity (Wildman–Crippen MR) is 83.6 cm³/mol. The molecule has 7 nitrogen and oxygen atoms in total. The zero-order valence-corrected chi connectivity index (χ0v) is 13.7. The summed E-state index contributed by atoms with van der Waals surface area (Å²) < 4.78 is 10.0. The largest absolute Gasteiger partial charge is 0.497 e. The van der Waals surface area contributed by atoms with E-state index in [0.717, 1.165) is 0 Å². The first-order valence-corrected chi connectivity index (χ1v) is 7.14. The van der Waals surface area contributed by atoms with Crippen molar-refractivity contribution in [2.24, 2.45) is 0 Å². The van der Waals surface area contributed by atoms with E-state index in [1.165, 1.54) is 19.2 Å². The first-order chi connectivity index (χ1) is 10.7. The second-order valence-electron chi connectivity index (χ2n) is 6.01. The topological polar surface area (TPSA) is 105 Å². The lowest BCUT2D eigenvalue weighted by molar-refractivity contribution is 0.0126. The van der Waals surface area contributed by atoms with Crippen molar-refractivity contribution in [3.63, 3.8) is 0 Å². The number of aliphatic hydroxyl groups excluding tert-OH is 2. The molecule has 3 N–H and O–H groups in total. The number of nitrogens with one attached hydrogen (secondary N) is 1. The SMILES string of the molecule is COc1ccc(C(O)C(O)CNC(=O)OC(C)(C)C)c(C=O)c1. The van der Waals surface area contributed by atoms with E-state index in [9.17, 15) is 19.8 Å². The van der Waals surface area contributed by atoms with Crippen LogP contribution < -0.4 is 10.1 Å². The standard InChI is InChI=1S/C16H23NO6/c1-16(2,3)23-15(21)17-8-13(19)14(20)12-6-5-11(22-4)7-10(12)9-18/h5-7,9,13-14,19-20H,8H2,1-4H3,(H,17,21). The zero-order valence-electron chi connectivity index (χ0n) is 13.7. The lowest BCUT2D eigenvalue weighted by atomic mass is 9.99. The average Bonchev–Trinajstić information content (AvgIpc) is 2.49. The monoisotopic (exact) mass is 325 g/mol. The third kappa shape index (κ3) is 5.88. The summed E-state index contributed by atoms with van der Waals surface area (Å²) in [7, 11) is 1.46. The minimum atomic E-state index is -1.34. The van der Waals surface area contributed by atoms with Crippen molar-refractivity contribution in [3.8, 4) is 5.75 Å². The molecule has 0 saturated carbocycles. The highest BCUT2D eigenvalue weighted by Gasteiger charge is 2.23. The maximum atomic E-state index is 11.5. The highest BCUT2D eigenvalue weighted by Crippen LogP contribution is 2.24. The Morgan fingerprint density at radius 3 is 2.52 bits per heavy atom. The van der Waals surface area contributed by atoms with E-state index in [-0.39, 0.29) is 17.7 Å². The van der Waals surface area contributed by atoms with Gasteiger partial charge in [-0.2, -0.15) is 0 Å². The number of aldehydes is 1.